The maximum absolute atomic E-state index is 12.1. The molecule has 10 aromatic rings. The van der Waals surface area contributed by atoms with E-state index < -0.39 is 10.1 Å². The van der Waals surface area contributed by atoms with Crippen molar-refractivity contribution in [1.29, 1.82) is 0 Å². The molecule has 0 unspecified atom stereocenters. The normalized spacial score (nSPS) is 11.7. The molecule has 3 aromatic heterocycles. The zero-order valence-corrected chi connectivity index (χ0v) is 55.2. The minimum atomic E-state index is -4.00. The fourth-order valence-electron chi connectivity index (χ4n) is 7.23. The van der Waals surface area contributed by atoms with E-state index >= 15 is 0 Å². The third kappa shape index (κ3) is 16.4. The van der Waals surface area contributed by atoms with Gasteiger partial charge in [-0.05, 0) is 83.0 Å². The average Bonchev–Trinajstić information content (AvgIpc) is 4.26. The molecule has 5 heterocycles. The number of hydrogen-bond donors (Lipinski definition) is 0. The van der Waals surface area contributed by atoms with Crippen LogP contribution in [0.4, 0.5) is 40.1 Å². The number of halogens is 3. The number of aryl methyl sites for hydroxylation is 1. The van der Waals surface area contributed by atoms with Crippen molar-refractivity contribution >= 4 is 105 Å². The first-order valence-electron chi connectivity index (χ1n) is 22.1. The van der Waals surface area contributed by atoms with Crippen LogP contribution in [-0.4, -0.2) is 35.0 Å². The molecule has 0 saturated heterocycles. The summed E-state index contributed by atoms with van der Waals surface area (Å²) in [5.41, 5.74) is 9.84. The van der Waals surface area contributed by atoms with E-state index in [1.807, 2.05) is 114 Å². The summed E-state index contributed by atoms with van der Waals surface area (Å²) in [6.45, 7) is 6.18. The maximum Gasteiger partial charge on any atom is 0.341 e. The molecule has 0 fully saturated rings. The van der Waals surface area contributed by atoms with Crippen LogP contribution in [0.5, 0.6) is 5.95 Å². The molecule has 21 heteroatoms. The van der Waals surface area contributed by atoms with E-state index in [4.69, 9.17) is 20.3 Å². The Morgan fingerprint density at radius 1 is 0.623 bits per heavy atom. The predicted molar refractivity (Wildman–Crippen MR) is 295 cm³/mol. The van der Waals surface area contributed by atoms with E-state index in [1.54, 1.807) is 24.5 Å². The average molecular weight is 1920 g/mol. The zero-order chi connectivity index (χ0) is 50.7. The monoisotopic (exact) mass is 1920 g/mol. The molecule has 0 amide bonds. The zero-order valence-electron chi connectivity index (χ0n) is 40.0. The Hall–Kier alpha value is -4.74. The molecule has 0 spiro atoms. The quantitative estimate of drug-likeness (QED) is 0.106. The summed E-state index contributed by atoms with van der Waals surface area (Å²) in [4.78, 5) is 17.2. The molecule has 0 bridgehead atoms. The van der Waals surface area contributed by atoms with Gasteiger partial charge >= 0.3 is 16.1 Å². The summed E-state index contributed by atoms with van der Waals surface area (Å²) in [5, 5.41) is 4.19. The Morgan fingerprint density at radius 3 is 1.83 bits per heavy atom. The van der Waals surface area contributed by atoms with Gasteiger partial charge in [-0.15, -0.1) is 107 Å². The largest absolute Gasteiger partial charge is 0.504 e. The van der Waals surface area contributed by atoms with E-state index in [0.717, 1.165) is 48.2 Å². The van der Waals surface area contributed by atoms with Gasteiger partial charge in [-0.1, -0.05) is 75.3 Å². The van der Waals surface area contributed by atoms with Gasteiger partial charge in [0.1, 0.15) is 16.5 Å². The van der Waals surface area contributed by atoms with Gasteiger partial charge in [-0.25, -0.2) is 14.3 Å². The van der Waals surface area contributed by atoms with Crippen molar-refractivity contribution in [3.63, 3.8) is 0 Å². The van der Waals surface area contributed by atoms with Gasteiger partial charge in [-0.2, -0.15) is 57.0 Å². The fraction of sp³-hybridized carbons (Fsp3) is 0.0357. The molecule has 2 aliphatic heterocycles. The van der Waals surface area contributed by atoms with Gasteiger partial charge in [-0.3, -0.25) is 0 Å². The maximum atomic E-state index is 12.1. The number of hydrogen-bond acceptors (Lipinski definition) is 13. The van der Waals surface area contributed by atoms with Gasteiger partial charge in [0.15, 0.2) is 0 Å². The minimum Gasteiger partial charge on any atom is -0.504 e. The molecule has 77 heavy (non-hydrogen) atoms. The van der Waals surface area contributed by atoms with Crippen molar-refractivity contribution in [3.8, 4) is 28.5 Å². The molecule has 0 atom stereocenters. The molecule has 0 saturated carbocycles. The molecule has 0 N–H and O–H groups in total. The second-order valence-electron chi connectivity index (χ2n) is 15.7. The third-order valence-electron chi connectivity index (χ3n) is 10.6. The van der Waals surface area contributed by atoms with Crippen LogP contribution in [0.25, 0.3) is 22.5 Å². The van der Waals surface area contributed by atoms with Gasteiger partial charge < -0.3 is 28.3 Å². The number of aromatic nitrogens is 4. The van der Waals surface area contributed by atoms with Crippen LogP contribution in [0.15, 0.2) is 206 Å². The summed E-state index contributed by atoms with van der Waals surface area (Å²) >= 11 is 14.0. The summed E-state index contributed by atoms with van der Waals surface area (Å²) in [6, 6.07) is 67.0. The molecule has 4 radical (unpaired) electrons. The van der Waals surface area contributed by atoms with Crippen LogP contribution in [0, 0.1) is 44.5 Å². The Balaban J connectivity index is 0.000000190. The molecular formula is C56H39Br2ClIr4N8O4S2-6. The van der Waals surface area contributed by atoms with Crippen molar-refractivity contribution in [1.82, 2.24) is 19.5 Å². The van der Waals surface area contributed by atoms with Crippen molar-refractivity contribution in [2.45, 2.75) is 11.8 Å². The molecule has 7 aromatic carbocycles. The molecule has 12 nitrogen and oxygen atoms in total. The van der Waals surface area contributed by atoms with Crippen LogP contribution in [0.1, 0.15) is 5.56 Å². The van der Waals surface area contributed by atoms with Crippen LogP contribution >= 0.6 is 55.0 Å². The standard InChI is InChI=1S/C17H11BrN4.C15H9ClNO4S.C15H14N2.C9H5BrNS.4Ir/c18-13-5-4-8-15(11-13)22-12-21(14-6-2-1-3-7-14)16-17(22)20-10-9-19-16;16-12-6-8-13(9-7-12)22(18,19)21-15-10-14(17-20-15)11-4-2-1-3-5-11;1-12-6-5-7-13(10-12)17-11-16(2)14-8-3-4-9-15(14)17;10-9-6-8(11-12-9)7-4-2-1-3-5-7;;;;/h1-7,9-12H;1-4,6-10H;3-6,8-11H,1-2H3;1-4,6H;;;;/q-2;-1;-2;-1;;;;. The van der Waals surface area contributed by atoms with E-state index in [2.05, 4.69) is 142 Å². The van der Waals surface area contributed by atoms with Crippen LogP contribution in [0.3, 0.4) is 0 Å². The van der Waals surface area contributed by atoms with Crippen molar-refractivity contribution in [2.24, 2.45) is 0 Å². The van der Waals surface area contributed by atoms with E-state index in [1.165, 1.54) is 58.8 Å². The number of rotatable bonds is 8. The molecular weight excluding hydrogens is 1880 g/mol. The van der Waals surface area contributed by atoms with E-state index in [9.17, 15) is 8.42 Å². The number of para-hydroxylation sites is 3. The SMILES string of the molecule is Brc1cc(-c2[c-]cccc2)ns1.Brc1cc[c-]c(N2[CH-]N(c3ccccc3)c3nccnc32)c1.Cc1cc[c-]c(N2[CH-]N(C)c3ccccc32)c1.O=S(=O)(Oc1cc(-c2[c-]cccc2)no1)c1ccc(Cl)cc1.[Ir].[Ir].[Ir].[Ir]. The van der Waals surface area contributed by atoms with Crippen molar-refractivity contribution in [3.05, 3.63) is 245 Å². The number of benzene rings is 7. The first-order chi connectivity index (χ1) is 35.5. The summed E-state index contributed by atoms with van der Waals surface area (Å²) in [7, 11) is -1.94. The first-order valence-corrected chi connectivity index (χ1v) is 26.3. The number of nitrogens with zero attached hydrogens (tertiary/aromatic N) is 8. The van der Waals surface area contributed by atoms with Crippen LogP contribution < -0.4 is 23.8 Å². The molecule has 12 rings (SSSR count). The Kier molecular flexibility index (Phi) is 24.6. The molecule has 402 valence electrons. The first kappa shape index (κ1) is 63.1. The summed E-state index contributed by atoms with van der Waals surface area (Å²) < 4.78 is 40.3. The van der Waals surface area contributed by atoms with E-state index in [0.29, 0.717) is 16.3 Å². The summed E-state index contributed by atoms with van der Waals surface area (Å²) in [5.74, 6) is 1.38. The Labute approximate surface area is 528 Å². The Bertz CT molecular complexity index is 3540. The molecule has 2 aliphatic rings. The second kappa shape index (κ2) is 30.0. The van der Waals surface area contributed by atoms with Gasteiger partial charge in [0.05, 0.1) is 3.79 Å². The second-order valence-corrected chi connectivity index (χ2v) is 20.8. The number of fused-ring (bicyclic) bond motifs is 2. The van der Waals surface area contributed by atoms with Crippen LogP contribution in [0.2, 0.25) is 5.02 Å². The minimum absolute atomic E-state index is 0. The topological polar surface area (TPSA) is 121 Å². The summed E-state index contributed by atoms with van der Waals surface area (Å²) in [6.07, 6.45) is 3.41. The smallest absolute Gasteiger partial charge is 0.341 e. The third-order valence-corrected chi connectivity index (χ3v) is 13.9. The molecule has 0 aliphatic carbocycles. The van der Waals surface area contributed by atoms with E-state index in [-0.39, 0.29) is 91.3 Å². The number of anilines is 7. The predicted octanol–water partition coefficient (Wildman–Crippen LogP) is 14.9. The van der Waals surface area contributed by atoms with Gasteiger partial charge in [0, 0.05) is 132 Å². The van der Waals surface area contributed by atoms with Gasteiger partial charge in [0.2, 0.25) is 0 Å². The van der Waals surface area contributed by atoms with Crippen molar-refractivity contribution in [2.75, 3.05) is 26.6 Å². The van der Waals surface area contributed by atoms with Crippen LogP contribution in [-0.2, 0) is 90.5 Å². The van der Waals surface area contributed by atoms with Crippen molar-refractivity contribution < 1.29 is 97.5 Å². The Morgan fingerprint density at radius 2 is 1.22 bits per heavy atom. The fourth-order valence-corrected chi connectivity index (χ4v) is 9.50. The van der Waals surface area contributed by atoms with Gasteiger partial charge in [0.25, 0.3) is 0 Å².